The fourth-order valence-corrected chi connectivity index (χ4v) is 0.712. The van der Waals surface area contributed by atoms with Crippen LogP contribution in [0.3, 0.4) is 0 Å². The summed E-state index contributed by atoms with van der Waals surface area (Å²) in [7, 11) is 0. The summed E-state index contributed by atoms with van der Waals surface area (Å²) in [5.74, 6) is 0.145. The molecule has 1 atom stereocenters. The second kappa shape index (κ2) is 4.02. The molecular weight excluding hydrogens is 170 g/mol. The zero-order valence-electron chi connectivity index (χ0n) is 7.94. The average Bonchev–Trinajstić information content (AvgIpc) is 2.55. The van der Waals surface area contributed by atoms with Crippen molar-refractivity contribution >= 4 is 5.91 Å². The van der Waals surface area contributed by atoms with Gasteiger partial charge in [-0.1, -0.05) is 19.0 Å². The van der Waals surface area contributed by atoms with E-state index in [4.69, 9.17) is 0 Å². The molecule has 1 N–H and O–H groups in total. The summed E-state index contributed by atoms with van der Waals surface area (Å²) in [4.78, 5) is 11.3. The highest BCUT2D eigenvalue weighted by Crippen LogP contribution is 2.01. The van der Waals surface area contributed by atoms with Crippen LogP contribution in [0.5, 0.6) is 0 Å². The predicted octanol–water partition coefficient (Wildman–Crippen LogP) is 0.844. The highest BCUT2D eigenvalue weighted by atomic mass is 16.6. The van der Waals surface area contributed by atoms with E-state index < -0.39 is 0 Å². The lowest BCUT2D eigenvalue weighted by Crippen LogP contribution is -2.36. The maximum absolute atomic E-state index is 11.3. The normalized spacial score (nSPS) is 12.9. The first-order chi connectivity index (χ1) is 6.11. The molecule has 1 aromatic rings. The second-order valence-electron chi connectivity index (χ2n) is 3.30. The van der Waals surface area contributed by atoms with Crippen molar-refractivity contribution in [2.75, 3.05) is 0 Å². The van der Waals surface area contributed by atoms with Crippen molar-refractivity contribution in [3.8, 4) is 0 Å². The molecule has 0 saturated heterocycles. The van der Waals surface area contributed by atoms with Crippen molar-refractivity contribution in [3.05, 3.63) is 11.9 Å². The molecule has 1 aromatic heterocycles. The molecule has 0 radical (unpaired) electrons. The number of nitrogens with zero attached hydrogens (tertiary/aromatic N) is 2. The van der Waals surface area contributed by atoms with Crippen LogP contribution < -0.4 is 5.32 Å². The Morgan fingerprint density at radius 3 is 2.69 bits per heavy atom. The van der Waals surface area contributed by atoms with Gasteiger partial charge >= 0.3 is 0 Å². The van der Waals surface area contributed by atoms with Crippen molar-refractivity contribution in [3.63, 3.8) is 0 Å². The minimum atomic E-state index is -0.248. The molecule has 0 bridgehead atoms. The van der Waals surface area contributed by atoms with Crippen molar-refractivity contribution < 1.29 is 9.42 Å². The lowest BCUT2D eigenvalue weighted by Gasteiger charge is -2.15. The summed E-state index contributed by atoms with van der Waals surface area (Å²) in [6.45, 7) is 6.01. The SMILES string of the molecule is CC(C)C(C)NC(=O)c1cnon1. The van der Waals surface area contributed by atoms with Crippen LogP contribution >= 0.6 is 0 Å². The van der Waals surface area contributed by atoms with Gasteiger partial charge in [-0.25, -0.2) is 4.63 Å². The van der Waals surface area contributed by atoms with E-state index in [2.05, 4.69) is 20.3 Å². The molecule has 1 rings (SSSR count). The summed E-state index contributed by atoms with van der Waals surface area (Å²) >= 11 is 0. The maximum atomic E-state index is 11.3. The Labute approximate surface area is 76.5 Å². The fourth-order valence-electron chi connectivity index (χ4n) is 0.712. The topological polar surface area (TPSA) is 68.0 Å². The standard InChI is InChI=1S/C8H13N3O2/c1-5(2)6(3)10-8(12)7-4-9-13-11-7/h4-6H,1-3H3,(H,10,12). The molecule has 0 aliphatic carbocycles. The first kappa shape index (κ1) is 9.70. The third kappa shape index (κ3) is 2.54. The van der Waals surface area contributed by atoms with Crippen molar-refractivity contribution in [1.29, 1.82) is 0 Å². The first-order valence-electron chi connectivity index (χ1n) is 4.19. The van der Waals surface area contributed by atoms with Crippen molar-refractivity contribution in [2.45, 2.75) is 26.8 Å². The molecule has 1 heterocycles. The highest BCUT2D eigenvalue weighted by molar-refractivity contribution is 5.91. The number of aromatic nitrogens is 2. The molecule has 5 heteroatoms. The summed E-state index contributed by atoms with van der Waals surface area (Å²) < 4.78 is 4.32. The summed E-state index contributed by atoms with van der Waals surface area (Å²) in [6, 6.07) is 0.115. The third-order valence-electron chi connectivity index (χ3n) is 1.95. The number of hydrogen-bond donors (Lipinski definition) is 1. The van der Waals surface area contributed by atoms with E-state index in [0.29, 0.717) is 5.92 Å². The molecule has 0 aliphatic rings. The van der Waals surface area contributed by atoms with Crippen LogP contribution in [0.15, 0.2) is 10.8 Å². The van der Waals surface area contributed by atoms with E-state index >= 15 is 0 Å². The minimum absolute atomic E-state index is 0.115. The number of nitrogens with one attached hydrogen (secondary N) is 1. The van der Waals surface area contributed by atoms with E-state index in [-0.39, 0.29) is 17.6 Å². The van der Waals surface area contributed by atoms with Crippen LogP contribution in [0.2, 0.25) is 0 Å². The third-order valence-corrected chi connectivity index (χ3v) is 1.95. The van der Waals surface area contributed by atoms with E-state index in [9.17, 15) is 4.79 Å². The Bertz CT molecular complexity index is 269. The van der Waals surface area contributed by atoms with Gasteiger partial charge < -0.3 is 5.32 Å². The largest absolute Gasteiger partial charge is 0.348 e. The van der Waals surface area contributed by atoms with Crippen LogP contribution in [0.4, 0.5) is 0 Å². The quantitative estimate of drug-likeness (QED) is 0.754. The second-order valence-corrected chi connectivity index (χ2v) is 3.30. The van der Waals surface area contributed by atoms with E-state index in [1.807, 2.05) is 20.8 Å². The minimum Gasteiger partial charge on any atom is -0.348 e. The highest BCUT2D eigenvalue weighted by Gasteiger charge is 2.14. The van der Waals surface area contributed by atoms with Gasteiger partial charge in [-0.15, -0.1) is 0 Å². The lowest BCUT2D eigenvalue weighted by atomic mass is 10.1. The Kier molecular flexibility index (Phi) is 3.00. The number of amides is 1. The smallest absolute Gasteiger partial charge is 0.275 e. The van der Waals surface area contributed by atoms with Gasteiger partial charge in [0.1, 0.15) is 6.20 Å². The molecule has 13 heavy (non-hydrogen) atoms. The summed E-state index contributed by atoms with van der Waals surface area (Å²) in [5.41, 5.74) is 0.215. The van der Waals surface area contributed by atoms with E-state index in [0.717, 1.165) is 0 Å². The first-order valence-corrected chi connectivity index (χ1v) is 4.19. The van der Waals surface area contributed by atoms with Gasteiger partial charge in [-0.3, -0.25) is 4.79 Å². The maximum Gasteiger partial charge on any atom is 0.275 e. The number of hydrogen-bond acceptors (Lipinski definition) is 4. The number of carbonyl (C=O) groups is 1. The molecule has 5 nitrogen and oxygen atoms in total. The molecule has 1 unspecified atom stereocenters. The summed E-state index contributed by atoms with van der Waals surface area (Å²) in [6.07, 6.45) is 1.29. The van der Waals surface area contributed by atoms with Gasteiger partial charge in [0.2, 0.25) is 0 Å². The van der Waals surface area contributed by atoms with Crippen LogP contribution in [0.25, 0.3) is 0 Å². The number of rotatable bonds is 3. The zero-order valence-corrected chi connectivity index (χ0v) is 7.94. The van der Waals surface area contributed by atoms with Crippen LogP contribution in [0.1, 0.15) is 31.3 Å². The van der Waals surface area contributed by atoms with Crippen LogP contribution in [-0.2, 0) is 0 Å². The Balaban J connectivity index is 2.52. The van der Waals surface area contributed by atoms with Gasteiger partial charge in [0.15, 0.2) is 5.69 Å². The van der Waals surface area contributed by atoms with Gasteiger partial charge in [0, 0.05) is 6.04 Å². The molecule has 0 aromatic carbocycles. The summed E-state index contributed by atoms with van der Waals surface area (Å²) in [5, 5.41) is 9.56. The molecular formula is C8H13N3O2. The molecule has 1 amide bonds. The van der Waals surface area contributed by atoms with Crippen LogP contribution in [-0.4, -0.2) is 22.3 Å². The van der Waals surface area contributed by atoms with Crippen molar-refractivity contribution in [1.82, 2.24) is 15.6 Å². The lowest BCUT2D eigenvalue weighted by molar-refractivity contribution is 0.0920. The van der Waals surface area contributed by atoms with Crippen LogP contribution in [0, 0.1) is 5.92 Å². The molecule has 72 valence electrons. The number of carbonyl (C=O) groups excluding carboxylic acids is 1. The molecule has 0 fully saturated rings. The van der Waals surface area contributed by atoms with E-state index in [1.165, 1.54) is 6.20 Å². The molecule has 0 saturated carbocycles. The Hall–Kier alpha value is -1.39. The van der Waals surface area contributed by atoms with E-state index in [1.54, 1.807) is 0 Å². The van der Waals surface area contributed by atoms with Gasteiger partial charge in [0.05, 0.1) is 0 Å². The average molecular weight is 183 g/mol. The molecule has 0 spiro atoms. The van der Waals surface area contributed by atoms with Gasteiger partial charge in [-0.05, 0) is 18.0 Å². The Morgan fingerprint density at radius 1 is 1.54 bits per heavy atom. The molecule has 0 aliphatic heterocycles. The predicted molar refractivity (Wildman–Crippen MR) is 46.1 cm³/mol. The van der Waals surface area contributed by atoms with Gasteiger partial charge in [-0.2, -0.15) is 0 Å². The zero-order chi connectivity index (χ0) is 9.84. The van der Waals surface area contributed by atoms with Gasteiger partial charge in [0.25, 0.3) is 5.91 Å². The fraction of sp³-hybridized carbons (Fsp3) is 0.625. The Morgan fingerprint density at radius 2 is 2.23 bits per heavy atom. The monoisotopic (exact) mass is 183 g/mol. The van der Waals surface area contributed by atoms with Crippen molar-refractivity contribution in [2.24, 2.45) is 5.92 Å².